The molecule has 1 N–H and O–H groups in total. The number of aryl methyl sites for hydroxylation is 2. The van der Waals surface area contributed by atoms with Crippen LogP contribution in [0.3, 0.4) is 0 Å². The maximum atomic E-state index is 13.5. The molecule has 3 rings (SSSR count). The molecule has 1 heterocycles. The Kier molecular flexibility index (Phi) is 6.31. The molecular formula is C25H26N2O3. The fraction of sp³-hybridized carbons (Fsp3) is 0.240. The average molecular weight is 402 g/mol. The lowest BCUT2D eigenvalue weighted by atomic mass is 9.95. The highest BCUT2D eigenvalue weighted by atomic mass is 16.2. The smallest absolute Gasteiger partial charge is 0.287 e. The lowest BCUT2D eigenvalue weighted by molar-refractivity contribution is 0.102. The highest BCUT2D eigenvalue weighted by Crippen LogP contribution is 2.20. The molecular weight excluding hydrogens is 376 g/mol. The summed E-state index contributed by atoms with van der Waals surface area (Å²) in [6.45, 7) is 7.70. The third kappa shape index (κ3) is 4.57. The summed E-state index contributed by atoms with van der Waals surface area (Å²) in [7, 11) is 0. The number of hydrogen-bond acceptors (Lipinski definition) is 3. The van der Waals surface area contributed by atoms with Crippen LogP contribution < -0.4 is 11.2 Å². The summed E-state index contributed by atoms with van der Waals surface area (Å²) in [4.78, 5) is 41.1. The molecule has 0 radical (unpaired) electrons. The van der Waals surface area contributed by atoms with Crippen LogP contribution in [0, 0.1) is 13.8 Å². The normalized spacial score (nSPS) is 11.4. The van der Waals surface area contributed by atoms with E-state index in [0.717, 1.165) is 16.7 Å². The second-order valence-electron chi connectivity index (χ2n) is 7.81. The predicted octanol–water partition coefficient (Wildman–Crippen LogP) is 4.22. The molecule has 0 aliphatic heterocycles. The SMILES string of the molecule is Cc1cc(C)cc(C(=O)c2c(C(C)C)c(=O)[nH]c(=O)n2CC=Cc2ccccc2)c1. The van der Waals surface area contributed by atoms with Crippen molar-refractivity contribution in [3.8, 4) is 0 Å². The molecule has 0 saturated heterocycles. The molecule has 5 nitrogen and oxygen atoms in total. The van der Waals surface area contributed by atoms with Gasteiger partial charge < -0.3 is 0 Å². The molecule has 0 aliphatic rings. The van der Waals surface area contributed by atoms with Gasteiger partial charge in [-0.2, -0.15) is 0 Å². The van der Waals surface area contributed by atoms with E-state index in [-0.39, 0.29) is 23.9 Å². The van der Waals surface area contributed by atoms with Gasteiger partial charge >= 0.3 is 5.69 Å². The zero-order chi connectivity index (χ0) is 21.8. The van der Waals surface area contributed by atoms with Crippen molar-refractivity contribution >= 4 is 11.9 Å². The summed E-state index contributed by atoms with van der Waals surface area (Å²) >= 11 is 0. The van der Waals surface area contributed by atoms with E-state index in [1.807, 2.05) is 76.2 Å². The maximum absolute atomic E-state index is 13.5. The summed E-state index contributed by atoms with van der Waals surface area (Å²) in [6.07, 6.45) is 3.70. The van der Waals surface area contributed by atoms with Crippen molar-refractivity contribution in [2.24, 2.45) is 0 Å². The number of hydrogen-bond donors (Lipinski definition) is 1. The first-order chi connectivity index (χ1) is 14.3. The molecule has 0 spiro atoms. The van der Waals surface area contributed by atoms with Gasteiger partial charge in [-0.15, -0.1) is 0 Å². The number of ketones is 1. The van der Waals surface area contributed by atoms with Crippen LogP contribution in [0.1, 0.15) is 58.1 Å². The van der Waals surface area contributed by atoms with Crippen molar-refractivity contribution in [2.45, 2.75) is 40.2 Å². The molecule has 0 aliphatic carbocycles. The van der Waals surface area contributed by atoms with E-state index >= 15 is 0 Å². The Bertz CT molecular complexity index is 1200. The van der Waals surface area contributed by atoms with Gasteiger partial charge in [0.1, 0.15) is 5.69 Å². The van der Waals surface area contributed by atoms with Gasteiger partial charge in [0.25, 0.3) is 5.56 Å². The van der Waals surface area contributed by atoms with Gasteiger partial charge in [-0.1, -0.05) is 73.5 Å². The first-order valence-electron chi connectivity index (χ1n) is 9.99. The molecule has 0 saturated carbocycles. The number of H-pyrrole nitrogens is 1. The minimum Gasteiger partial charge on any atom is -0.287 e. The van der Waals surface area contributed by atoms with Gasteiger partial charge in [0.05, 0.1) is 0 Å². The van der Waals surface area contributed by atoms with Crippen LogP contribution in [0.4, 0.5) is 0 Å². The first-order valence-corrected chi connectivity index (χ1v) is 9.99. The van der Waals surface area contributed by atoms with Gasteiger partial charge in [0, 0.05) is 17.7 Å². The summed E-state index contributed by atoms with van der Waals surface area (Å²) in [5.41, 5.74) is 2.75. The number of aromatic amines is 1. The van der Waals surface area contributed by atoms with Crippen molar-refractivity contribution < 1.29 is 4.79 Å². The fourth-order valence-electron chi connectivity index (χ4n) is 3.64. The number of benzene rings is 2. The van der Waals surface area contributed by atoms with Crippen LogP contribution in [-0.4, -0.2) is 15.3 Å². The number of aromatic nitrogens is 2. The Balaban J connectivity index is 2.15. The van der Waals surface area contributed by atoms with E-state index in [1.54, 1.807) is 12.1 Å². The Morgan fingerprint density at radius 3 is 2.27 bits per heavy atom. The Morgan fingerprint density at radius 1 is 1.03 bits per heavy atom. The average Bonchev–Trinajstić information content (AvgIpc) is 2.68. The van der Waals surface area contributed by atoms with Gasteiger partial charge in [-0.05, 0) is 37.5 Å². The molecule has 30 heavy (non-hydrogen) atoms. The second-order valence-corrected chi connectivity index (χ2v) is 7.81. The minimum atomic E-state index is -0.588. The molecule has 0 amide bonds. The molecule has 0 fully saturated rings. The lowest BCUT2D eigenvalue weighted by Crippen LogP contribution is -2.37. The highest BCUT2D eigenvalue weighted by Gasteiger charge is 2.24. The number of rotatable bonds is 6. The largest absolute Gasteiger partial charge is 0.329 e. The van der Waals surface area contributed by atoms with E-state index in [4.69, 9.17) is 0 Å². The molecule has 3 aromatic rings. The molecule has 154 valence electrons. The van der Waals surface area contributed by atoms with Gasteiger partial charge in [-0.25, -0.2) is 4.79 Å². The quantitative estimate of drug-likeness (QED) is 0.628. The topological polar surface area (TPSA) is 71.9 Å². The maximum Gasteiger partial charge on any atom is 0.329 e. The Morgan fingerprint density at radius 2 is 1.67 bits per heavy atom. The third-order valence-corrected chi connectivity index (χ3v) is 4.91. The minimum absolute atomic E-state index is 0.154. The number of carbonyl (C=O) groups is 1. The molecule has 0 unspecified atom stereocenters. The van der Waals surface area contributed by atoms with Crippen LogP contribution in [-0.2, 0) is 6.54 Å². The molecule has 2 aromatic carbocycles. The van der Waals surface area contributed by atoms with E-state index in [9.17, 15) is 14.4 Å². The van der Waals surface area contributed by atoms with E-state index < -0.39 is 11.2 Å². The predicted molar refractivity (Wildman–Crippen MR) is 120 cm³/mol. The lowest BCUT2D eigenvalue weighted by Gasteiger charge is -2.17. The van der Waals surface area contributed by atoms with Crippen molar-refractivity contribution in [1.29, 1.82) is 0 Å². The van der Waals surface area contributed by atoms with Gasteiger partial charge in [0.15, 0.2) is 0 Å². The van der Waals surface area contributed by atoms with Crippen LogP contribution >= 0.6 is 0 Å². The summed E-state index contributed by atoms with van der Waals surface area (Å²) in [5.74, 6) is -0.537. The Labute approximate surface area is 175 Å². The van der Waals surface area contributed by atoms with Gasteiger partial charge in [0.2, 0.25) is 5.78 Å². The highest BCUT2D eigenvalue weighted by molar-refractivity contribution is 6.09. The molecule has 0 atom stereocenters. The number of allylic oxidation sites excluding steroid dienone is 1. The van der Waals surface area contributed by atoms with Crippen LogP contribution in [0.5, 0.6) is 0 Å². The zero-order valence-corrected chi connectivity index (χ0v) is 17.7. The number of carbonyl (C=O) groups excluding carboxylic acids is 1. The monoisotopic (exact) mass is 402 g/mol. The van der Waals surface area contributed by atoms with Crippen molar-refractivity contribution in [3.63, 3.8) is 0 Å². The van der Waals surface area contributed by atoms with E-state index in [0.29, 0.717) is 11.1 Å². The van der Waals surface area contributed by atoms with Crippen LogP contribution in [0.2, 0.25) is 0 Å². The van der Waals surface area contributed by atoms with Crippen LogP contribution in [0.15, 0.2) is 64.2 Å². The molecule has 5 heteroatoms. The molecule has 1 aromatic heterocycles. The zero-order valence-electron chi connectivity index (χ0n) is 17.7. The number of nitrogens with one attached hydrogen (secondary N) is 1. The summed E-state index contributed by atoms with van der Waals surface area (Å²) in [5, 5.41) is 0. The van der Waals surface area contributed by atoms with Crippen LogP contribution in [0.25, 0.3) is 6.08 Å². The van der Waals surface area contributed by atoms with Crippen molar-refractivity contribution in [3.05, 3.63) is 109 Å². The number of nitrogens with zero attached hydrogens (tertiary/aromatic N) is 1. The first kappa shape index (κ1) is 21.2. The summed E-state index contributed by atoms with van der Waals surface area (Å²) in [6, 6.07) is 15.2. The van der Waals surface area contributed by atoms with E-state index in [1.165, 1.54) is 4.57 Å². The second kappa shape index (κ2) is 8.91. The third-order valence-electron chi connectivity index (χ3n) is 4.91. The van der Waals surface area contributed by atoms with E-state index in [2.05, 4.69) is 4.98 Å². The standard InChI is InChI=1S/C25H26N2O3/c1-16(2)21-22(23(28)20-14-17(3)13-18(4)15-20)27(25(30)26-24(21)29)12-8-11-19-9-6-5-7-10-19/h5-11,13-16H,12H2,1-4H3,(H,26,29,30). The fourth-order valence-corrected chi connectivity index (χ4v) is 3.64. The van der Waals surface area contributed by atoms with Gasteiger partial charge in [-0.3, -0.25) is 19.1 Å². The molecule has 0 bridgehead atoms. The van der Waals surface area contributed by atoms with Crippen molar-refractivity contribution in [2.75, 3.05) is 0 Å². The summed E-state index contributed by atoms with van der Waals surface area (Å²) < 4.78 is 1.36. The van der Waals surface area contributed by atoms with Crippen molar-refractivity contribution in [1.82, 2.24) is 9.55 Å². The Hall–Kier alpha value is -3.47.